The summed E-state index contributed by atoms with van der Waals surface area (Å²) >= 11 is 12.4. The Kier molecular flexibility index (Phi) is 5.16. The Morgan fingerprint density at radius 2 is 1.70 bits per heavy atom. The van der Waals surface area contributed by atoms with Gasteiger partial charge in [0.25, 0.3) is 5.91 Å². The van der Waals surface area contributed by atoms with Gasteiger partial charge in [0.2, 0.25) is 0 Å². The molecule has 7 heteroatoms. The Hall–Kier alpha value is -2.34. The summed E-state index contributed by atoms with van der Waals surface area (Å²) in [4.78, 5) is 17.3. The van der Waals surface area contributed by atoms with Crippen molar-refractivity contribution in [1.82, 2.24) is 20.0 Å². The first-order valence-corrected chi connectivity index (χ1v) is 9.53. The topological polar surface area (TPSA) is 50.2 Å². The zero-order valence-electron chi connectivity index (χ0n) is 14.5. The zero-order chi connectivity index (χ0) is 18.8. The average molecular weight is 401 g/mol. The van der Waals surface area contributed by atoms with E-state index in [0.717, 1.165) is 37.2 Å². The van der Waals surface area contributed by atoms with Crippen molar-refractivity contribution in [2.75, 3.05) is 13.1 Å². The van der Waals surface area contributed by atoms with Crippen LogP contribution in [0.5, 0.6) is 0 Å². The summed E-state index contributed by atoms with van der Waals surface area (Å²) in [6, 6.07) is 14.8. The van der Waals surface area contributed by atoms with Crippen LogP contribution in [0, 0.1) is 0 Å². The van der Waals surface area contributed by atoms with Gasteiger partial charge >= 0.3 is 0 Å². The molecule has 1 saturated heterocycles. The van der Waals surface area contributed by atoms with Crippen molar-refractivity contribution in [2.45, 2.75) is 12.8 Å². The Balaban J connectivity index is 1.76. The third-order valence-corrected chi connectivity index (χ3v) is 5.11. The van der Waals surface area contributed by atoms with Gasteiger partial charge in [-0.1, -0.05) is 35.3 Å². The summed E-state index contributed by atoms with van der Waals surface area (Å²) in [6.07, 6.45) is 3.90. The molecule has 0 bridgehead atoms. The summed E-state index contributed by atoms with van der Waals surface area (Å²) in [6.45, 7) is 1.72. The van der Waals surface area contributed by atoms with Gasteiger partial charge in [-0.25, -0.2) is 9.99 Å². The van der Waals surface area contributed by atoms with Gasteiger partial charge in [0.1, 0.15) is 11.5 Å². The first-order valence-electron chi connectivity index (χ1n) is 8.78. The van der Waals surface area contributed by atoms with Crippen molar-refractivity contribution < 1.29 is 4.79 Å². The Morgan fingerprint density at radius 3 is 2.41 bits per heavy atom. The molecule has 3 aromatic rings. The van der Waals surface area contributed by atoms with Crippen LogP contribution in [0.2, 0.25) is 10.0 Å². The highest BCUT2D eigenvalue weighted by Gasteiger charge is 2.21. The summed E-state index contributed by atoms with van der Waals surface area (Å²) < 4.78 is 1.86. The lowest BCUT2D eigenvalue weighted by atomic mass is 10.2. The van der Waals surface area contributed by atoms with Gasteiger partial charge < -0.3 is 0 Å². The second kappa shape index (κ2) is 7.72. The lowest BCUT2D eigenvalue weighted by molar-refractivity contribution is 0.0821. The van der Waals surface area contributed by atoms with E-state index in [9.17, 15) is 4.79 Å². The van der Waals surface area contributed by atoms with E-state index < -0.39 is 0 Å². The van der Waals surface area contributed by atoms with Crippen molar-refractivity contribution in [3.05, 3.63) is 70.5 Å². The maximum atomic E-state index is 12.7. The van der Waals surface area contributed by atoms with Gasteiger partial charge in [-0.05, 0) is 49.2 Å². The largest absolute Gasteiger partial charge is 0.299 e. The Morgan fingerprint density at radius 1 is 1.00 bits per heavy atom. The smallest absolute Gasteiger partial charge is 0.285 e. The van der Waals surface area contributed by atoms with Crippen LogP contribution in [0.4, 0.5) is 0 Å². The summed E-state index contributed by atoms with van der Waals surface area (Å²) in [5, 5.41) is 3.15. The lowest BCUT2D eigenvalue weighted by Gasteiger charge is -2.14. The molecule has 4 rings (SSSR count). The standard InChI is InChI=1S/C20H18Cl2N4O/c21-14-7-9-15(10-8-14)26-13-18(20(27)24-25-11-3-4-12-25)23-19(26)16-5-1-2-6-17(16)22/h1-2,5-10,13H,3-4,11-12H2,(H,24,27). The fraction of sp³-hybridized carbons (Fsp3) is 0.200. The number of hydrogen-bond donors (Lipinski definition) is 1. The van der Waals surface area contributed by atoms with Crippen LogP contribution in [-0.4, -0.2) is 33.6 Å². The van der Waals surface area contributed by atoms with Gasteiger partial charge in [0, 0.05) is 35.6 Å². The quantitative estimate of drug-likeness (QED) is 0.696. The normalized spacial score (nSPS) is 14.4. The fourth-order valence-electron chi connectivity index (χ4n) is 3.15. The molecule has 0 saturated carbocycles. The number of hydrazine groups is 1. The van der Waals surface area contributed by atoms with Gasteiger partial charge in [-0.2, -0.15) is 0 Å². The van der Waals surface area contributed by atoms with E-state index in [1.165, 1.54) is 0 Å². The predicted molar refractivity (Wildman–Crippen MR) is 107 cm³/mol. The monoisotopic (exact) mass is 400 g/mol. The first kappa shape index (κ1) is 18.0. The van der Waals surface area contributed by atoms with Crippen LogP contribution < -0.4 is 5.43 Å². The molecule has 0 atom stereocenters. The van der Waals surface area contributed by atoms with E-state index in [1.807, 2.05) is 46.0 Å². The molecular formula is C20H18Cl2N4O. The zero-order valence-corrected chi connectivity index (χ0v) is 16.0. The molecule has 1 fully saturated rings. The number of aromatic nitrogens is 2. The molecule has 2 aromatic carbocycles. The van der Waals surface area contributed by atoms with Crippen LogP contribution in [0.25, 0.3) is 17.1 Å². The van der Waals surface area contributed by atoms with Gasteiger partial charge in [0.15, 0.2) is 0 Å². The summed E-state index contributed by atoms with van der Waals surface area (Å²) in [5.74, 6) is 0.382. The van der Waals surface area contributed by atoms with E-state index in [-0.39, 0.29) is 5.91 Å². The number of nitrogens with zero attached hydrogens (tertiary/aromatic N) is 3. The minimum atomic E-state index is -0.224. The predicted octanol–water partition coefficient (Wildman–Crippen LogP) is 4.59. The second-order valence-corrected chi connectivity index (χ2v) is 7.25. The molecule has 2 heterocycles. The molecule has 1 N–H and O–H groups in total. The molecule has 1 aromatic heterocycles. The third kappa shape index (κ3) is 3.86. The highest BCUT2D eigenvalue weighted by atomic mass is 35.5. The SMILES string of the molecule is O=C(NN1CCCC1)c1cn(-c2ccc(Cl)cc2)c(-c2ccccc2Cl)n1. The number of halogens is 2. The number of carbonyl (C=O) groups is 1. The number of imidazole rings is 1. The first-order chi connectivity index (χ1) is 13.1. The van der Waals surface area contributed by atoms with Crippen molar-refractivity contribution in [1.29, 1.82) is 0 Å². The number of nitrogens with one attached hydrogen (secondary N) is 1. The molecule has 1 aliphatic rings. The van der Waals surface area contributed by atoms with Crippen molar-refractivity contribution in [3.63, 3.8) is 0 Å². The average Bonchev–Trinajstić information content (AvgIpc) is 3.33. The van der Waals surface area contributed by atoms with Crippen LogP contribution >= 0.6 is 23.2 Å². The maximum absolute atomic E-state index is 12.7. The molecule has 1 amide bonds. The van der Waals surface area contributed by atoms with Crippen molar-refractivity contribution >= 4 is 29.1 Å². The van der Waals surface area contributed by atoms with Crippen LogP contribution in [-0.2, 0) is 0 Å². The van der Waals surface area contributed by atoms with Crippen LogP contribution in [0.1, 0.15) is 23.3 Å². The number of amides is 1. The number of benzene rings is 2. The van der Waals surface area contributed by atoms with E-state index >= 15 is 0 Å². The van der Waals surface area contributed by atoms with E-state index in [0.29, 0.717) is 21.6 Å². The number of hydrogen-bond acceptors (Lipinski definition) is 3. The molecule has 5 nitrogen and oxygen atoms in total. The molecule has 0 spiro atoms. The Bertz CT molecular complexity index is 962. The van der Waals surface area contributed by atoms with Gasteiger partial charge in [-0.15, -0.1) is 0 Å². The minimum absolute atomic E-state index is 0.224. The van der Waals surface area contributed by atoms with Gasteiger partial charge in [-0.3, -0.25) is 14.8 Å². The fourth-order valence-corrected chi connectivity index (χ4v) is 3.50. The minimum Gasteiger partial charge on any atom is -0.299 e. The molecule has 27 heavy (non-hydrogen) atoms. The van der Waals surface area contributed by atoms with Crippen molar-refractivity contribution in [3.8, 4) is 17.1 Å². The highest BCUT2D eigenvalue weighted by Crippen LogP contribution is 2.29. The summed E-state index contributed by atoms with van der Waals surface area (Å²) in [7, 11) is 0. The molecule has 0 radical (unpaired) electrons. The van der Waals surface area contributed by atoms with E-state index in [1.54, 1.807) is 18.3 Å². The van der Waals surface area contributed by atoms with E-state index in [4.69, 9.17) is 23.2 Å². The number of carbonyl (C=O) groups excluding carboxylic acids is 1. The second-order valence-electron chi connectivity index (χ2n) is 6.41. The molecule has 0 unspecified atom stereocenters. The highest BCUT2D eigenvalue weighted by molar-refractivity contribution is 6.33. The molecule has 0 aliphatic carbocycles. The molecule has 1 aliphatic heterocycles. The molecule has 138 valence electrons. The lowest BCUT2D eigenvalue weighted by Crippen LogP contribution is -2.40. The van der Waals surface area contributed by atoms with Crippen LogP contribution in [0.3, 0.4) is 0 Å². The van der Waals surface area contributed by atoms with E-state index in [2.05, 4.69) is 10.4 Å². The van der Waals surface area contributed by atoms with Crippen molar-refractivity contribution in [2.24, 2.45) is 0 Å². The Labute approximate surface area is 167 Å². The molecular weight excluding hydrogens is 383 g/mol. The van der Waals surface area contributed by atoms with Crippen LogP contribution in [0.15, 0.2) is 54.7 Å². The third-order valence-electron chi connectivity index (χ3n) is 4.52. The number of rotatable bonds is 4. The van der Waals surface area contributed by atoms with Gasteiger partial charge in [0.05, 0.1) is 5.02 Å². The summed E-state index contributed by atoms with van der Waals surface area (Å²) in [5.41, 5.74) is 4.87. The maximum Gasteiger partial charge on any atom is 0.285 e.